The molecule has 2 heteroatoms. The highest BCUT2D eigenvalue weighted by atomic mass is 16.1. The lowest BCUT2D eigenvalue weighted by Crippen LogP contribution is -2.32. The van der Waals surface area contributed by atoms with E-state index in [9.17, 15) is 4.79 Å². The van der Waals surface area contributed by atoms with E-state index in [-0.39, 0.29) is 11.8 Å². The van der Waals surface area contributed by atoms with Gasteiger partial charge in [-0.15, -0.1) is 0 Å². The summed E-state index contributed by atoms with van der Waals surface area (Å²) in [5.41, 5.74) is 0. The second-order valence-corrected chi connectivity index (χ2v) is 2.96. The summed E-state index contributed by atoms with van der Waals surface area (Å²) < 4.78 is 0. The van der Waals surface area contributed by atoms with Crippen molar-refractivity contribution in [2.24, 2.45) is 10.9 Å². The zero-order valence-corrected chi connectivity index (χ0v) is 6.82. The van der Waals surface area contributed by atoms with Gasteiger partial charge in [-0.1, -0.05) is 24.3 Å². The molecule has 1 aliphatic heterocycles. The molecule has 1 aromatic rings. The Morgan fingerprint density at radius 3 is 2.92 bits per heavy atom. The molecule has 1 heterocycles. The van der Waals surface area contributed by atoms with Crippen molar-refractivity contribution in [3.63, 3.8) is 0 Å². The van der Waals surface area contributed by atoms with E-state index < -0.39 is 0 Å². The molecule has 0 saturated heterocycles. The highest BCUT2D eigenvalue weighted by molar-refractivity contribution is 5.85. The van der Waals surface area contributed by atoms with Gasteiger partial charge in [-0.05, 0) is 18.2 Å². The van der Waals surface area contributed by atoms with Crippen molar-refractivity contribution in [1.82, 2.24) is 0 Å². The van der Waals surface area contributed by atoms with Crippen molar-refractivity contribution < 1.29 is 4.79 Å². The van der Waals surface area contributed by atoms with Crippen LogP contribution in [0.5, 0.6) is 0 Å². The van der Waals surface area contributed by atoms with Crippen LogP contribution in [-0.4, -0.2) is 5.91 Å². The van der Waals surface area contributed by atoms with Crippen LogP contribution >= 0.6 is 0 Å². The van der Waals surface area contributed by atoms with Crippen LogP contribution in [0, 0.1) is 5.92 Å². The maximum atomic E-state index is 11.2. The molecule has 0 bridgehead atoms. The van der Waals surface area contributed by atoms with E-state index in [1.165, 1.54) is 0 Å². The van der Waals surface area contributed by atoms with E-state index in [0.29, 0.717) is 0 Å². The molecule has 0 saturated carbocycles. The summed E-state index contributed by atoms with van der Waals surface area (Å²) in [7, 11) is 0. The van der Waals surface area contributed by atoms with Crippen LogP contribution in [0.4, 0.5) is 0 Å². The van der Waals surface area contributed by atoms with Gasteiger partial charge >= 0.3 is 0 Å². The molecule has 2 nitrogen and oxygen atoms in total. The van der Waals surface area contributed by atoms with Gasteiger partial charge in [0.1, 0.15) is 0 Å². The highest BCUT2D eigenvalue weighted by Gasteiger charge is 2.11. The van der Waals surface area contributed by atoms with Crippen LogP contribution in [0.25, 0.3) is 6.08 Å². The van der Waals surface area contributed by atoms with Gasteiger partial charge in [-0.3, -0.25) is 4.79 Å². The van der Waals surface area contributed by atoms with Crippen molar-refractivity contribution >= 4 is 12.0 Å². The SMILES string of the molecule is C[C@H]1C=c2ccccc2=NC1=O. The molecule has 0 spiro atoms. The van der Waals surface area contributed by atoms with Gasteiger partial charge in [0.25, 0.3) is 5.91 Å². The smallest absolute Gasteiger partial charge is 0.252 e. The van der Waals surface area contributed by atoms with Gasteiger partial charge in [0, 0.05) is 0 Å². The van der Waals surface area contributed by atoms with E-state index in [4.69, 9.17) is 0 Å². The molecule has 0 aliphatic carbocycles. The minimum absolute atomic E-state index is 0.0475. The average Bonchev–Trinajstić information content (AvgIpc) is 2.07. The van der Waals surface area contributed by atoms with E-state index >= 15 is 0 Å². The first-order chi connectivity index (χ1) is 5.77. The summed E-state index contributed by atoms with van der Waals surface area (Å²) in [5, 5.41) is 1.85. The second kappa shape index (κ2) is 2.55. The Kier molecular flexibility index (Phi) is 1.54. The van der Waals surface area contributed by atoms with Crippen LogP contribution in [0.2, 0.25) is 0 Å². The molecular formula is C10H9NO. The van der Waals surface area contributed by atoms with Crippen LogP contribution in [0.3, 0.4) is 0 Å². The summed E-state index contributed by atoms with van der Waals surface area (Å²) >= 11 is 0. The van der Waals surface area contributed by atoms with Crippen molar-refractivity contribution in [3.8, 4) is 0 Å². The fourth-order valence-electron chi connectivity index (χ4n) is 1.29. The zero-order chi connectivity index (χ0) is 8.55. The van der Waals surface area contributed by atoms with Crippen LogP contribution in [0.15, 0.2) is 29.3 Å². The molecule has 60 valence electrons. The molecule has 1 atom stereocenters. The number of amides is 1. The Bertz CT molecular complexity index is 433. The number of nitrogens with zero attached hydrogens (tertiary/aromatic N) is 1. The Morgan fingerprint density at radius 1 is 1.33 bits per heavy atom. The van der Waals surface area contributed by atoms with Crippen molar-refractivity contribution in [3.05, 3.63) is 34.8 Å². The summed E-state index contributed by atoms with van der Waals surface area (Å²) in [6, 6.07) is 7.67. The third-order valence-electron chi connectivity index (χ3n) is 1.99. The zero-order valence-electron chi connectivity index (χ0n) is 6.82. The highest BCUT2D eigenvalue weighted by Crippen LogP contribution is 2.00. The monoisotopic (exact) mass is 159 g/mol. The van der Waals surface area contributed by atoms with Gasteiger partial charge in [0.05, 0.1) is 11.3 Å². The summed E-state index contributed by atoms with van der Waals surface area (Å²) in [5.74, 6) is -0.117. The largest absolute Gasteiger partial charge is 0.272 e. The van der Waals surface area contributed by atoms with E-state index in [0.717, 1.165) is 10.6 Å². The number of benzene rings is 1. The summed E-state index contributed by atoms with van der Waals surface area (Å²) in [6.45, 7) is 1.86. The van der Waals surface area contributed by atoms with Gasteiger partial charge in [0.2, 0.25) is 0 Å². The number of carbonyl (C=O) groups excluding carboxylic acids is 1. The van der Waals surface area contributed by atoms with E-state index in [1.54, 1.807) is 0 Å². The lowest BCUT2D eigenvalue weighted by Gasteiger charge is -2.04. The Labute approximate surface area is 70.3 Å². The first kappa shape index (κ1) is 7.22. The number of para-hydroxylation sites is 1. The predicted molar refractivity (Wildman–Crippen MR) is 45.9 cm³/mol. The van der Waals surface area contributed by atoms with Crippen LogP contribution < -0.4 is 10.6 Å². The molecule has 0 N–H and O–H groups in total. The number of hydrogen-bond acceptors (Lipinski definition) is 1. The topological polar surface area (TPSA) is 29.4 Å². The normalized spacial score (nSPS) is 20.8. The molecule has 0 fully saturated rings. The molecule has 1 amide bonds. The fourth-order valence-corrected chi connectivity index (χ4v) is 1.29. The second-order valence-electron chi connectivity index (χ2n) is 2.96. The Hall–Kier alpha value is -1.44. The number of rotatable bonds is 0. The van der Waals surface area contributed by atoms with Gasteiger partial charge in [-0.2, -0.15) is 0 Å². The number of fused-ring (bicyclic) bond motifs is 1. The molecule has 12 heavy (non-hydrogen) atoms. The quantitative estimate of drug-likeness (QED) is 0.534. The third-order valence-corrected chi connectivity index (χ3v) is 1.99. The molecule has 0 unspecified atom stereocenters. The average molecular weight is 159 g/mol. The fraction of sp³-hybridized carbons (Fsp3) is 0.200. The standard InChI is InChI=1S/C10H9NO/c1-7-6-8-4-2-3-5-9(8)11-10(7)12/h2-7H,1H3/t7-/m0/s1. The predicted octanol–water partition coefficient (Wildman–Crippen LogP) is 0.263. The Balaban J connectivity index is 2.79. The van der Waals surface area contributed by atoms with Crippen LogP contribution in [-0.2, 0) is 4.79 Å². The molecule has 1 aliphatic rings. The van der Waals surface area contributed by atoms with Crippen molar-refractivity contribution in [2.75, 3.05) is 0 Å². The molecule has 0 aromatic heterocycles. The Morgan fingerprint density at radius 2 is 2.08 bits per heavy atom. The minimum Gasteiger partial charge on any atom is -0.272 e. The maximum absolute atomic E-state index is 11.2. The molecule has 2 rings (SSSR count). The first-order valence-corrected chi connectivity index (χ1v) is 3.97. The van der Waals surface area contributed by atoms with E-state index in [1.807, 2.05) is 37.3 Å². The van der Waals surface area contributed by atoms with Gasteiger partial charge < -0.3 is 0 Å². The van der Waals surface area contributed by atoms with E-state index in [2.05, 4.69) is 4.99 Å². The van der Waals surface area contributed by atoms with Crippen molar-refractivity contribution in [1.29, 1.82) is 0 Å². The summed E-state index contributed by atoms with van der Waals surface area (Å²) in [4.78, 5) is 15.1. The first-order valence-electron chi connectivity index (χ1n) is 3.97. The lowest BCUT2D eigenvalue weighted by atomic mass is 10.1. The number of hydrogen-bond donors (Lipinski definition) is 0. The molecule has 1 aromatic carbocycles. The van der Waals surface area contributed by atoms with Gasteiger partial charge in [0.15, 0.2) is 0 Å². The molecular weight excluding hydrogens is 150 g/mol. The third kappa shape index (κ3) is 1.05. The maximum Gasteiger partial charge on any atom is 0.252 e. The summed E-state index contributed by atoms with van der Waals surface area (Å²) in [6.07, 6.45) is 1.95. The molecule has 0 radical (unpaired) electrons. The lowest BCUT2D eigenvalue weighted by molar-refractivity contribution is -0.119. The van der Waals surface area contributed by atoms with Crippen molar-refractivity contribution in [2.45, 2.75) is 6.92 Å². The minimum atomic E-state index is -0.0695. The van der Waals surface area contributed by atoms with Gasteiger partial charge in [-0.25, -0.2) is 4.99 Å². The number of carbonyl (C=O) groups is 1. The van der Waals surface area contributed by atoms with Crippen LogP contribution in [0.1, 0.15) is 6.92 Å².